The van der Waals surface area contributed by atoms with Crippen molar-refractivity contribution in [1.29, 1.82) is 0 Å². The van der Waals surface area contributed by atoms with Gasteiger partial charge in [0.25, 0.3) is 0 Å². The Morgan fingerprint density at radius 3 is 0.714 bits per heavy atom. The van der Waals surface area contributed by atoms with Crippen molar-refractivity contribution in [1.82, 2.24) is 0 Å². The van der Waals surface area contributed by atoms with E-state index in [0.29, 0.717) is 0 Å². The van der Waals surface area contributed by atoms with Gasteiger partial charge in [-0.2, -0.15) is 0 Å². The van der Waals surface area contributed by atoms with E-state index in [4.69, 9.17) is 16.8 Å². The van der Waals surface area contributed by atoms with Crippen LogP contribution in [0.3, 0.4) is 0 Å². The third-order valence-corrected chi connectivity index (χ3v) is 0. The average Bonchev–Trinajstić information content (AvgIpc) is 0.722. The summed E-state index contributed by atoms with van der Waals surface area (Å²) in [5.41, 5.74) is 0. The molecule has 7 heteroatoms. The van der Waals surface area contributed by atoms with Gasteiger partial charge in [0.15, 0.2) is 0 Å². The predicted octanol–water partition coefficient (Wildman–Crippen LogP) is -11.1. The average molecular weight is 189 g/mol. The van der Waals surface area contributed by atoms with Crippen LogP contribution in [0.5, 0.6) is 0 Å². The van der Waals surface area contributed by atoms with Crippen molar-refractivity contribution in [3.8, 4) is 0 Å². The summed E-state index contributed by atoms with van der Waals surface area (Å²) < 4.78 is 34.4. The van der Waals surface area contributed by atoms with E-state index in [9.17, 15) is 0 Å². The van der Waals surface area contributed by atoms with Crippen molar-refractivity contribution in [3.05, 3.63) is 0 Å². The Kier molecular flexibility index (Phi) is 15.0. The van der Waals surface area contributed by atoms with Crippen molar-refractivity contribution in [2.45, 2.75) is 0 Å². The molecule has 0 aromatic heterocycles. The van der Waals surface area contributed by atoms with Gasteiger partial charge in [-0.1, -0.05) is 0 Å². The fraction of sp³-hybridized carbons (Fsp3) is 0. The topological polar surface area (TPSA) is 92.2 Å². The van der Waals surface area contributed by atoms with Gasteiger partial charge in [0.05, 0.1) is 0 Å². The van der Waals surface area contributed by atoms with E-state index >= 15 is 0 Å². The minimum atomic E-state index is -5.75. The van der Waals surface area contributed by atoms with Crippen LogP contribution in [0.15, 0.2) is 0 Å². The quantitative estimate of drug-likeness (QED) is 0.353. The molecule has 0 rings (SSSR count). The van der Waals surface area contributed by atoms with E-state index in [0.717, 1.165) is 0 Å². The van der Waals surface area contributed by atoms with E-state index < -0.39 is 14.2 Å². The zero-order valence-electron chi connectivity index (χ0n) is 4.04. The van der Waals surface area contributed by atoms with Gasteiger partial charge in [0.2, 0.25) is 0 Å². The molecule has 0 heterocycles. The van der Waals surface area contributed by atoms with Gasteiger partial charge >= 0.3 is 90.0 Å². The molecule has 0 radical (unpaired) electrons. The Morgan fingerprint density at radius 2 is 0.714 bits per heavy atom. The van der Waals surface area contributed by atoms with Crippen LogP contribution >= 0.6 is 0 Å². The van der Waals surface area contributed by atoms with Gasteiger partial charge in [-0.3, -0.25) is 0 Å². The molecule has 0 aliphatic heterocycles. The van der Waals surface area contributed by atoms with E-state index in [2.05, 4.69) is 0 Å². The molecule has 34 valence electrons. The van der Waals surface area contributed by atoms with Gasteiger partial charge in [-0.25, -0.2) is 0 Å². The first-order valence-electron chi connectivity index (χ1n) is 0.667. The van der Waals surface area contributed by atoms with Crippen LogP contribution in [0.2, 0.25) is 0 Å². The minimum absolute atomic E-state index is 0. The molecular formula is Na2O4Se-2. The molecule has 0 N–H and O–H groups in total. The van der Waals surface area contributed by atoms with Gasteiger partial charge in [-0.05, 0) is 0 Å². The summed E-state index contributed by atoms with van der Waals surface area (Å²) in [6.07, 6.45) is 0. The summed E-state index contributed by atoms with van der Waals surface area (Å²) in [6.45, 7) is 0. The van der Waals surface area contributed by atoms with Crippen LogP contribution in [0.4, 0.5) is 0 Å². The molecule has 7 heavy (non-hydrogen) atoms. The standard InChI is InChI=1S/2Na.H4O4Se/c;;1-5(2,3)4/h;;1-4H/q2*+1;/p-4. The monoisotopic (exact) mass is 190 g/mol. The molecule has 0 aromatic carbocycles. The van der Waals surface area contributed by atoms with Gasteiger partial charge in [0.1, 0.15) is 0 Å². The van der Waals surface area contributed by atoms with Crippen molar-refractivity contribution in [3.63, 3.8) is 0 Å². The van der Waals surface area contributed by atoms with Crippen LogP contribution in [-0.4, -0.2) is 14.2 Å². The molecule has 0 aromatic rings. The molecule has 0 amide bonds. The first-order valence-corrected chi connectivity index (χ1v) is 3.46. The SMILES string of the molecule is [Na+].[Na+].[O-][Se]([O-])([O-])[O-]. The van der Waals surface area contributed by atoms with Gasteiger partial charge in [-0.15, -0.1) is 0 Å². The fourth-order valence-electron chi connectivity index (χ4n) is 0. The van der Waals surface area contributed by atoms with Crippen LogP contribution in [0.1, 0.15) is 0 Å². The summed E-state index contributed by atoms with van der Waals surface area (Å²) >= 11 is -5.75. The number of rotatable bonds is 0. The number of hydrogen-bond donors (Lipinski definition) is 0. The fourth-order valence-corrected chi connectivity index (χ4v) is 0. The molecule has 0 aliphatic rings. The van der Waals surface area contributed by atoms with E-state index in [1.165, 1.54) is 0 Å². The first kappa shape index (κ1) is 16.2. The van der Waals surface area contributed by atoms with Crippen LogP contribution < -0.4 is 75.9 Å². The van der Waals surface area contributed by atoms with Crippen LogP contribution in [-0.2, 0) is 0 Å². The Labute approximate surface area is 88.7 Å². The van der Waals surface area contributed by atoms with Gasteiger partial charge < -0.3 is 0 Å². The normalized spacial score (nSPS) is 10.9. The molecule has 0 saturated carbocycles. The summed E-state index contributed by atoms with van der Waals surface area (Å²) in [4.78, 5) is 0. The Bertz CT molecular complexity index is 25.2. The molecule has 0 unspecified atom stereocenters. The van der Waals surface area contributed by atoms with Crippen LogP contribution in [0.25, 0.3) is 0 Å². The van der Waals surface area contributed by atoms with Crippen molar-refractivity contribution < 1.29 is 75.9 Å². The second kappa shape index (κ2) is 6.48. The van der Waals surface area contributed by atoms with Gasteiger partial charge in [0, 0.05) is 0 Å². The summed E-state index contributed by atoms with van der Waals surface area (Å²) in [6, 6.07) is 0. The molecular weight excluding hydrogens is 189 g/mol. The Hall–Kier alpha value is 2.36. The zero-order chi connectivity index (χ0) is 4.50. The molecule has 0 atom stereocenters. The second-order valence-electron chi connectivity index (χ2n) is 0.408. The van der Waals surface area contributed by atoms with Crippen LogP contribution in [0, 0.1) is 0 Å². The van der Waals surface area contributed by atoms with Crippen molar-refractivity contribution in [2.24, 2.45) is 0 Å². The Balaban J connectivity index is -0.0000000800. The first-order chi connectivity index (χ1) is 2.00. The van der Waals surface area contributed by atoms with E-state index in [1.54, 1.807) is 0 Å². The second-order valence-corrected chi connectivity index (χ2v) is 2.12. The molecule has 4 nitrogen and oxygen atoms in total. The molecule has 0 saturated heterocycles. The third kappa shape index (κ3) is 60.7. The third-order valence-electron chi connectivity index (χ3n) is 0. The zero-order valence-corrected chi connectivity index (χ0v) is 9.75. The molecule has 0 fully saturated rings. The number of hydrogen-bond acceptors (Lipinski definition) is 4. The van der Waals surface area contributed by atoms with Crippen molar-refractivity contribution in [2.75, 3.05) is 0 Å². The van der Waals surface area contributed by atoms with Crippen molar-refractivity contribution >= 4 is 14.2 Å². The Morgan fingerprint density at radius 1 is 0.714 bits per heavy atom. The van der Waals surface area contributed by atoms with E-state index in [1.807, 2.05) is 0 Å². The maximum absolute atomic E-state index is 8.59. The predicted molar refractivity (Wildman–Crippen MR) is 5.75 cm³/mol. The summed E-state index contributed by atoms with van der Waals surface area (Å²) in [5.74, 6) is 0. The maximum atomic E-state index is 8.59. The summed E-state index contributed by atoms with van der Waals surface area (Å²) in [5, 5.41) is 0. The van der Waals surface area contributed by atoms with E-state index in [-0.39, 0.29) is 59.1 Å². The molecule has 0 spiro atoms. The molecule has 0 bridgehead atoms. The molecule has 0 aliphatic carbocycles. The summed E-state index contributed by atoms with van der Waals surface area (Å²) in [7, 11) is 0.